The molecule has 0 bridgehead atoms. The van der Waals surface area contributed by atoms with Crippen molar-refractivity contribution in [1.82, 2.24) is 4.90 Å². The Morgan fingerprint density at radius 2 is 2.20 bits per heavy atom. The number of ether oxygens (including phenoxy) is 1. The fraction of sp³-hybridized carbons (Fsp3) is 0.833. The van der Waals surface area contributed by atoms with Gasteiger partial charge in [-0.05, 0) is 5.92 Å². The molecule has 0 saturated heterocycles. The average molecular weight is 214 g/mol. The van der Waals surface area contributed by atoms with Crippen LogP contribution in [0.15, 0.2) is 12.7 Å². The molecule has 15 heavy (non-hydrogen) atoms. The Kier molecular flexibility index (Phi) is 8.67. The Hall–Kier alpha value is -0.380. The second-order valence-corrected chi connectivity index (χ2v) is 4.09. The van der Waals surface area contributed by atoms with Gasteiger partial charge in [0.2, 0.25) is 0 Å². The largest absolute Gasteiger partial charge is 0.383 e. The minimum atomic E-state index is 0.242. The van der Waals surface area contributed by atoms with Crippen molar-refractivity contribution in [2.45, 2.75) is 26.3 Å². The van der Waals surface area contributed by atoms with Crippen LogP contribution in [-0.2, 0) is 4.74 Å². The summed E-state index contributed by atoms with van der Waals surface area (Å²) in [6.45, 7) is 11.6. The Labute approximate surface area is 94.3 Å². The number of nitrogens with two attached hydrogens (primary N) is 1. The molecule has 0 aromatic rings. The first-order valence-corrected chi connectivity index (χ1v) is 5.73. The second kappa shape index (κ2) is 8.89. The first kappa shape index (κ1) is 14.6. The van der Waals surface area contributed by atoms with Crippen molar-refractivity contribution in [2.24, 2.45) is 11.7 Å². The van der Waals surface area contributed by atoms with E-state index in [2.05, 4.69) is 25.3 Å². The second-order valence-electron chi connectivity index (χ2n) is 4.09. The molecule has 0 saturated carbocycles. The van der Waals surface area contributed by atoms with E-state index in [-0.39, 0.29) is 6.04 Å². The van der Waals surface area contributed by atoms with Crippen LogP contribution < -0.4 is 5.73 Å². The molecule has 3 nitrogen and oxygen atoms in total. The van der Waals surface area contributed by atoms with Gasteiger partial charge in [-0.1, -0.05) is 26.3 Å². The minimum absolute atomic E-state index is 0.242. The number of hydrogen-bond donors (Lipinski definition) is 1. The fourth-order valence-electron chi connectivity index (χ4n) is 1.44. The van der Waals surface area contributed by atoms with Gasteiger partial charge in [0.25, 0.3) is 0 Å². The molecule has 0 aromatic heterocycles. The fourth-order valence-corrected chi connectivity index (χ4v) is 1.44. The SMILES string of the molecule is C=CCN(CCOC)CC(N)C(C)CC. The molecule has 0 aliphatic rings. The standard InChI is InChI=1S/C12H26N2O/c1-5-7-14(8-9-15-4)10-12(13)11(3)6-2/h5,11-12H,1,6-10,13H2,2-4H3. The third-order valence-corrected chi connectivity index (χ3v) is 2.84. The highest BCUT2D eigenvalue weighted by Crippen LogP contribution is 2.06. The summed E-state index contributed by atoms with van der Waals surface area (Å²) in [6, 6.07) is 0.242. The Morgan fingerprint density at radius 1 is 1.53 bits per heavy atom. The van der Waals surface area contributed by atoms with Gasteiger partial charge in [-0.25, -0.2) is 0 Å². The van der Waals surface area contributed by atoms with Crippen molar-refractivity contribution < 1.29 is 4.74 Å². The number of rotatable bonds is 9. The van der Waals surface area contributed by atoms with Gasteiger partial charge >= 0.3 is 0 Å². The maximum atomic E-state index is 6.11. The van der Waals surface area contributed by atoms with E-state index in [0.29, 0.717) is 5.92 Å². The van der Waals surface area contributed by atoms with Crippen molar-refractivity contribution >= 4 is 0 Å². The highest BCUT2D eigenvalue weighted by atomic mass is 16.5. The smallest absolute Gasteiger partial charge is 0.0589 e. The van der Waals surface area contributed by atoms with Gasteiger partial charge in [0.1, 0.15) is 0 Å². The molecule has 2 N–H and O–H groups in total. The van der Waals surface area contributed by atoms with Crippen LogP contribution in [0.2, 0.25) is 0 Å². The first-order chi connectivity index (χ1) is 7.15. The zero-order valence-electron chi connectivity index (χ0n) is 10.4. The van der Waals surface area contributed by atoms with E-state index in [4.69, 9.17) is 10.5 Å². The van der Waals surface area contributed by atoms with Crippen molar-refractivity contribution in [1.29, 1.82) is 0 Å². The summed E-state index contributed by atoms with van der Waals surface area (Å²) < 4.78 is 5.07. The molecule has 2 unspecified atom stereocenters. The lowest BCUT2D eigenvalue weighted by molar-refractivity contribution is 0.146. The highest BCUT2D eigenvalue weighted by Gasteiger charge is 2.14. The summed E-state index contributed by atoms with van der Waals surface area (Å²) in [5, 5.41) is 0. The van der Waals surface area contributed by atoms with Gasteiger partial charge < -0.3 is 10.5 Å². The van der Waals surface area contributed by atoms with Crippen LogP contribution in [0.3, 0.4) is 0 Å². The van der Waals surface area contributed by atoms with Gasteiger partial charge in [-0.2, -0.15) is 0 Å². The van der Waals surface area contributed by atoms with Crippen molar-refractivity contribution in [3.63, 3.8) is 0 Å². The molecule has 0 rings (SSSR count). The lowest BCUT2D eigenvalue weighted by Crippen LogP contribution is -2.42. The quantitative estimate of drug-likeness (QED) is 0.591. The molecule has 0 spiro atoms. The number of hydrogen-bond acceptors (Lipinski definition) is 3. The summed E-state index contributed by atoms with van der Waals surface area (Å²) in [4.78, 5) is 2.29. The van der Waals surface area contributed by atoms with E-state index in [0.717, 1.165) is 32.7 Å². The molecule has 0 fully saturated rings. The molecular weight excluding hydrogens is 188 g/mol. The molecular formula is C12H26N2O. The highest BCUT2D eigenvalue weighted by molar-refractivity contribution is 4.78. The van der Waals surface area contributed by atoms with E-state index < -0.39 is 0 Å². The molecule has 3 heteroatoms. The predicted octanol–water partition coefficient (Wildman–Crippen LogP) is 1.49. The van der Waals surface area contributed by atoms with E-state index >= 15 is 0 Å². The van der Waals surface area contributed by atoms with Gasteiger partial charge in [0.15, 0.2) is 0 Å². The third kappa shape index (κ3) is 6.66. The molecule has 0 heterocycles. The summed E-state index contributed by atoms with van der Waals surface area (Å²) in [7, 11) is 1.72. The molecule has 0 aromatic carbocycles. The Bertz CT molecular complexity index is 162. The van der Waals surface area contributed by atoms with E-state index in [1.807, 2.05) is 6.08 Å². The van der Waals surface area contributed by atoms with Crippen molar-refractivity contribution in [3.05, 3.63) is 12.7 Å². The normalized spacial score (nSPS) is 15.3. The Morgan fingerprint density at radius 3 is 2.67 bits per heavy atom. The predicted molar refractivity (Wildman–Crippen MR) is 65.9 cm³/mol. The molecule has 0 radical (unpaired) electrons. The summed E-state index contributed by atoms with van der Waals surface area (Å²) in [6.07, 6.45) is 3.05. The van der Waals surface area contributed by atoms with Crippen LogP contribution in [0.25, 0.3) is 0 Å². The molecule has 0 aliphatic heterocycles. The number of nitrogens with zero attached hydrogens (tertiary/aromatic N) is 1. The molecule has 90 valence electrons. The van der Waals surface area contributed by atoms with Gasteiger partial charge in [0, 0.05) is 32.8 Å². The van der Waals surface area contributed by atoms with Crippen LogP contribution in [0.5, 0.6) is 0 Å². The zero-order valence-corrected chi connectivity index (χ0v) is 10.4. The monoisotopic (exact) mass is 214 g/mol. The summed E-state index contributed by atoms with van der Waals surface area (Å²) in [5.74, 6) is 0.569. The maximum absolute atomic E-state index is 6.11. The van der Waals surface area contributed by atoms with E-state index in [1.54, 1.807) is 7.11 Å². The average Bonchev–Trinajstić information content (AvgIpc) is 2.24. The van der Waals surface area contributed by atoms with Gasteiger partial charge in [-0.3, -0.25) is 4.90 Å². The molecule has 0 amide bonds. The van der Waals surface area contributed by atoms with Crippen LogP contribution in [0, 0.1) is 5.92 Å². The van der Waals surface area contributed by atoms with Crippen molar-refractivity contribution in [3.8, 4) is 0 Å². The third-order valence-electron chi connectivity index (χ3n) is 2.84. The summed E-state index contributed by atoms with van der Waals surface area (Å²) in [5.41, 5.74) is 6.11. The first-order valence-electron chi connectivity index (χ1n) is 5.73. The summed E-state index contributed by atoms with van der Waals surface area (Å²) >= 11 is 0. The van der Waals surface area contributed by atoms with Crippen LogP contribution in [-0.4, -0.2) is 44.3 Å². The maximum Gasteiger partial charge on any atom is 0.0589 e. The van der Waals surface area contributed by atoms with E-state index in [9.17, 15) is 0 Å². The van der Waals surface area contributed by atoms with Crippen LogP contribution >= 0.6 is 0 Å². The van der Waals surface area contributed by atoms with E-state index in [1.165, 1.54) is 0 Å². The lowest BCUT2D eigenvalue weighted by Gasteiger charge is -2.27. The number of methoxy groups -OCH3 is 1. The van der Waals surface area contributed by atoms with Crippen molar-refractivity contribution in [2.75, 3.05) is 33.4 Å². The lowest BCUT2D eigenvalue weighted by atomic mass is 10.00. The molecule has 0 aliphatic carbocycles. The van der Waals surface area contributed by atoms with Crippen LogP contribution in [0.4, 0.5) is 0 Å². The topological polar surface area (TPSA) is 38.5 Å². The Balaban J connectivity index is 3.96. The van der Waals surface area contributed by atoms with Crippen LogP contribution in [0.1, 0.15) is 20.3 Å². The zero-order chi connectivity index (χ0) is 11.7. The van der Waals surface area contributed by atoms with Gasteiger partial charge in [0.05, 0.1) is 6.61 Å². The minimum Gasteiger partial charge on any atom is -0.383 e. The van der Waals surface area contributed by atoms with Gasteiger partial charge in [-0.15, -0.1) is 6.58 Å². The molecule has 2 atom stereocenters.